The predicted molar refractivity (Wildman–Crippen MR) is 101 cm³/mol. The van der Waals surface area contributed by atoms with Crippen molar-refractivity contribution in [2.45, 2.75) is 38.1 Å². The normalized spacial score (nSPS) is 27.7. The number of hydrogen-bond acceptors (Lipinski definition) is 3. The van der Waals surface area contributed by atoms with Crippen molar-refractivity contribution in [3.05, 3.63) is 35.9 Å². The molecule has 2 bridgehead atoms. The number of carbonyl (C=O) groups excluding carboxylic acids is 2. The number of nitrogens with two attached hydrogens (primary N) is 1. The molecule has 2 aliphatic rings. The van der Waals surface area contributed by atoms with Gasteiger partial charge in [0.15, 0.2) is 0 Å². The van der Waals surface area contributed by atoms with E-state index >= 15 is 0 Å². The van der Waals surface area contributed by atoms with Gasteiger partial charge in [-0.1, -0.05) is 24.6 Å². The molecular formula is C19H28ClN3O2. The molecule has 0 spiro atoms. The van der Waals surface area contributed by atoms with Crippen LogP contribution < -0.4 is 16.4 Å². The molecule has 6 heteroatoms. The Morgan fingerprint density at radius 3 is 2.24 bits per heavy atom. The van der Waals surface area contributed by atoms with E-state index in [0.717, 1.165) is 25.7 Å². The zero-order valence-electron chi connectivity index (χ0n) is 14.4. The van der Waals surface area contributed by atoms with Crippen molar-refractivity contribution < 1.29 is 9.59 Å². The van der Waals surface area contributed by atoms with Crippen LogP contribution in [-0.4, -0.2) is 30.9 Å². The molecular weight excluding hydrogens is 338 g/mol. The first-order valence-electron chi connectivity index (χ1n) is 9.01. The second kappa shape index (κ2) is 9.20. The van der Waals surface area contributed by atoms with Crippen LogP contribution in [0.5, 0.6) is 0 Å². The van der Waals surface area contributed by atoms with Gasteiger partial charge in [0.1, 0.15) is 0 Å². The summed E-state index contributed by atoms with van der Waals surface area (Å²) >= 11 is 0. The summed E-state index contributed by atoms with van der Waals surface area (Å²) in [7, 11) is 0. The molecule has 2 amide bonds. The van der Waals surface area contributed by atoms with Gasteiger partial charge in [-0.3, -0.25) is 9.59 Å². The molecule has 0 aliphatic heterocycles. The Morgan fingerprint density at radius 1 is 1.00 bits per heavy atom. The van der Waals surface area contributed by atoms with Crippen molar-refractivity contribution in [1.29, 1.82) is 0 Å². The van der Waals surface area contributed by atoms with Gasteiger partial charge in [-0.25, -0.2) is 0 Å². The van der Waals surface area contributed by atoms with E-state index in [1.165, 1.54) is 6.42 Å². The van der Waals surface area contributed by atoms with Crippen LogP contribution in [0.4, 0.5) is 0 Å². The molecule has 1 aromatic carbocycles. The first-order valence-corrected chi connectivity index (χ1v) is 9.01. The molecule has 2 unspecified atom stereocenters. The van der Waals surface area contributed by atoms with Crippen LogP contribution in [0.25, 0.3) is 0 Å². The van der Waals surface area contributed by atoms with Crippen LogP contribution in [0.2, 0.25) is 0 Å². The average molecular weight is 366 g/mol. The highest BCUT2D eigenvalue weighted by Crippen LogP contribution is 2.41. The zero-order valence-corrected chi connectivity index (χ0v) is 15.3. The van der Waals surface area contributed by atoms with Crippen LogP contribution in [0.3, 0.4) is 0 Å². The molecule has 1 aromatic rings. The number of fused-ring (bicyclic) bond motifs is 2. The lowest BCUT2D eigenvalue weighted by atomic mass is 9.65. The summed E-state index contributed by atoms with van der Waals surface area (Å²) in [6, 6.07) is 9.38. The Kier molecular flexibility index (Phi) is 7.26. The Hall–Kier alpha value is -1.59. The standard InChI is InChI=1S/C19H27N3O2.ClH/c20-17-14-7-4-8-15(17)12-16(11-14)19(24)22-10-9-21-18(23)13-5-2-1-3-6-13;/h1-3,5-6,14-17H,4,7-12,20H2,(H,21,23)(H,22,24);1H. The van der Waals surface area contributed by atoms with Crippen molar-refractivity contribution >= 4 is 24.2 Å². The lowest BCUT2D eigenvalue weighted by Gasteiger charge is -2.43. The minimum absolute atomic E-state index is 0. The first-order chi connectivity index (χ1) is 11.6. The lowest BCUT2D eigenvalue weighted by Crippen LogP contribution is -2.49. The number of amides is 2. The van der Waals surface area contributed by atoms with Gasteiger partial charge < -0.3 is 16.4 Å². The number of halogens is 1. The van der Waals surface area contributed by atoms with Crippen LogP contribution in [0.15, 0.2) is 30.3 Å². The molecule has 138 valence electrons. The smallest absolute Gasteiger partial charge is 0.251 e. The summed E-state index contributed by atoms with van der Waals surface area (Å²) in [5, 5.41) is 5.80. The van der Waals surface area contributed by atoms with Crippen LogP contribution in [0, 0.1) is 17.8 Å². The van der Waals surface area contributed by atoms with E-state index in [1.54, 1.807) is 12.1 Å². The fourth-order valence-electron chi connectivity index (χ4n) is 4.20. The Bertz CT molecular complexity index is 567. The monoisotopic (exact) mass is 365 g/mol. The molecule has 0 aromatic heterocycles. The maximum Gasteiger partial charge on any atom is 0.251 e. The maximum atomic E-state index is 12.4. The van der Waals surface area contributed by atoms with E-state index in [0.29, 0.717) is 30.5 Å². The maximum absolute atomic E-state index is 12.4. The highest BCUT2D eigenvalue weighted by molar-refractivity contribution is 5.94. The second-order valence-electron chi connectivity index (χ2n) is 7.11. The van der Waals surface area contributed by atoms with E-state index in [4.69, 9.17) is 5.73 Å². The Morgan fingerprint density at radius 2 is 1.60 bits per heavy atom. The van der Waals surface area contributed by atoms with E-state index in [9.17, 15) is 9.59 Å². The van der Waals surface area contributed by atoms with Gasteiger partial charge in [-0.05, 0) is 49.7 Å². The molecule has 4 N–H and O–H groups in total. The Labute approximate surface area is 155 Å². The van der Waals surface area contributed by atoms with E-state index < -0.39 is 0 Å². The van der Waals surface area contributed by atoms with Gasteiger partial charge in [0.25, 0.3) is 5.91 Å². The third kappa shape index (κ3) is 4.95. The minimum atomic E-state index is -0.108. The minimum Gasteiger partial charge on any atom is -0.354 e. The van der Waals surface area contributed by atoms with Crippen LogP contribution in [0.1, 0.15) is 42.5 Å². The number of rotatable bonds is 5. The topological polar surface area (TPSA) is 84.2 Å². The molecule has 2 atom stereocenters. The molecule has 0 heterocycles. The van der Waals surface area contributed by atoms with Gasteiger partial charge in [0, 0.05) is 30.6 Å². The number of hydrogen-bond donors (Lipinski definition) is 3. The van der Waals surface area contributed by atoms with Crippen molar-refractivity contribution in [2.24, 2.45) is 23.5 Å². The lowest BCUT2D eigenvalue weighted by molar-refractivity contribution is -0.127. The van der Waals surface area contributed by atoms with E-state index in [2.05, 4.69) is 10.6 Å². The van der Waals surface area contributed by atoms with E-state index in [-0.39, 0.29) is 36.2 Å². The molecule has 2 saturated carbocycles. The number of carbonyl (C=O) groups is 2. The summed E-state index contributed by atoms with van der Waals surface area (Å²) in [4.78, 5) is 24.3. The molecule has 0 saturated heterocycles. The molecule has 2 aliphatic carbocycles. The van der Waals surface area contributed by atoms with Crippen molar-refractivity contribution in [2.75, 3.05) is 13.1 Å². The molecule has 25 heavy (non-hydrogen) atoms. The zero-order chi connectivity index (χ0) is 16.9. The van der Waals surface area contributed by atoms with Crippen molar-refractivity contribution in [3.63, 3.8) is 0 Å². The molecule has 2 fully saturated rings. The van der Waals surface area contributed by atoms with Gasteiger partial charge in [0.05, 0.1) is 0 Å². The highest BCUT2D eigenvalue weighted by atomic mass is 35.5. The molecule has 3 rings (SSSR count). The average Bonchev–Trinajstić information content (AvgIpc) is 2.59. The fourth-order valence-corrected chi connectivity index (χ4v) is 4.20. The van der Waals surface area contributed by atoms with E-state index in [1.807, 2.05) is 18.2 Å². The van der Waals surface area contributed by atoms with Gasteiger partial charge in [-0.2, -0.15) is 0 Å². The van der Waals surface area contributed by atoms with Crippen molar-refractivity contribution in [1.82, 2.24) is 10.6 Å². The Balaban J connectivity index is 0.00000225. The number of benzene rings is 1. The summed E-state index contributed by atoms with van der Waals surface area (Å²) in [6.45, 7) is 0.911. The quantitative estimate of drug-likeness (QED) is 0.699. The largest absolute Gasteiger partial charge is 0.354 e. The van der Waals surface area contributed by atoms with Gasteiger partial charge >= 0.3 is 0 Å². The van der Waals surface area contributed by atoms with Gasteiger partial charge in [0.2, 0.25) is 5.91 Å². The predicted octanol–water partition coefficient (Wildman–Crippen LogP) is 2.11. The first kappa shape index (κ1) is 19.7. The fraction of sp³-hybridized carbons (Fsp3) is 0.579. The second-order valence-corrected chi connectivity index (χ2v) is 7.11. The molecule has 0 radical (unpaired) electrons. The summed E-state index contributed by atoms with van der Waals surface area (Å²) in [5.74, 6) is 1.11. The molecule has 5 nitrogen and oxygen atoms in total. The summed E-state index contributed by atoms with van der Waals surface area (Å²) < 4.78 is 0. The van der Waals surface area contributed by atoms with Crippen LogP contribution >= 0.6 is 12.4 Å². The third-order valence-corrected chi connectivity index (χ3v) is 5.53. The summed E-state index contributed by atoms with van der Waals surface area (Å²) in [6.07, 6.45) is 5.41. The highest BCUT2D eigenvalue weighted by Gasteiger charge is 2.40. The SMILES string of the molecule is Cl.NC1C2CCCC1CC(C(=O)NCCNC(=O)c1ccccc1)C2. The van der Waals surface area contributed by atoms with Crippen molar-refractivity contribution in [3.8, 4) is 0 Å². The summed E-state index contributed by atoms with van der Waals surface area (Å²) in [5.41, 5.74) is 6.91. The number of nitrogens with one attached hydrogen (secondary N) is 2. The van der Waals surface area contributed by atoms with Crippen LogP contribution in [-0.2, 0) is 4.79 Å². The third-order valence-electron chi connectivity index (χ3n) is 5.53. The van der Waals surface area contributed by atoms with Gasteiger partial charge in [-0.15, -0.1) is 12.4 Å².